The van der Waals surface area contributed by atoms with E-state index >= 15 is 0 Å². The molecular formula is C23H22Cl2N6O2S. The molecule has 0 aliphatic carbocycles. The second-order valence-corrected chi connectivity index (χ2v) is 11.0. The Balaban J connectivity index is 1.64. The van der Waals surface area contributed by atoms with Crippen molar-refractivity contribution in [1.82, 2.24) is 23.8 Å². The molecule has 176 valence electrons. The second-order valence-electron chi connectivity index (χ2n) is 7.88. The van der Waals surface area contributed by atoms with E-state index in [0.29, 0.717) is 59.0 Å². The standard InChI is InChI=1S/C23H22Cl2N6O2S/c1-2-34(32,33)30-13-11-29(12-14-30)22-20-23(27-15-26-22)31(17-9-7-16(24)8-10-17)21(28-20)18-5-3-4-6-19(18)25/h3-10,15H,2,11-14H2,1H3. The van der Waals surface area contributed by atoms with Gasteiger partial charge in [-0.05, 0) is 43.3 Å². The van der Waals surface area contributed by atoms with Crippen molar-refractivity contribution in [2.45, 2.75) is 6.92 Å². The fourth-order valence-corrected chi connectivity index (χ4v) is 5.56. The highest BCUT2D eigenvalue weighted by atomic mass is 35.5. The van der Waals surface area contributed by atoms with Gasteiger partial charge in [0.2, 0.25) is 10.0 Å². The molecule has 2 aromatic carbocycles. The number of rotatable bonds is 5. The number of fused-ring (bicyclic) bond motifs is 1. The van der Waals surface area contributed by atoms with Gasteiger partial charge in [0.05, 0.1) is 10.8 Å². The lowest BCUT2D eigenvalue weighted by molar-refractivity contribution is 0.385. The fourth-order valence-electron chi connectivity index (χ4n) is 4.13. The maximum absolute atomic E-state index is 12.3. The number of anilines is 1. The van der Waals surface area contributed by atoms with Gasteiger partial charge in [0.1, 0.15) is 12.2 Å². The van der Waals surface area contributed by atoms with Gasteiger partial charge in [-0.3, -0.25) is 4.57 Å². The normalized spacial score (nSPS) is 15.2. The number of sulfonamides is 1. The van der Waals surface area contributed by atoms with Crippen LogP contribution in [0.3, 0.4) is 0 Å². The van der Waals surface area contributed by atoms with Crippen molar-refractivity contribution in [2.24, 2.45) is 0 Å². The number of hydrogen-bond donors (Lipinski definition) is 0. The molecule has 2 aromatic heterocycles. The van der Waals surface area contributed by atoms with Crippen molar-refractivity contribution in [3.8, 4) is 17.1 Å². The first kappa shape index (κ1) is 23.0. The Morgan fingerprint density at radius 1 is 0.941 bits per heavy atom. The van der Waals surface area contributed by atoms with Crippen molar-refractivity contribution in [3.05, 3.63) is 64.9 Å². The third-order valence-corrected chi connectivity index (χ3v) is 8.38. The van der Waals surface area contributed by atoms with Crippen molar-refractivity contribution < 1.29 is 8.42 Å². The van der Waals surface area contributed by atoms with Crippen LogP contribution in [0.15, 0.2) is 54.9 Å². The Morgan fingerprint density at radius 3 is 2.32 bits per heavy atom. The Labute approximate surface area is 207 Å². The van der Waals surface area contributed by atoms with E-state index in [1.165, 1.54) is 10.6 Å². The third kappa shape index (κ3) is 4.13. The smallest absolute Gasteiger partial charge is 0.213 e. The van der Waals surface area contributed by atoms with Gasteiger partial charge in [-0.2, -0.15) is 4.31 Å². The highest BCUT2D eigenvalue weighted by Crippen LogP contribution is 2.35. The summed E-state index contributed by atoms with van der Waals surface area (Å²) in [7, 11) is -3.22. The molecule has 0 bridgehead atoms. The molecule has 34 heavy (non-hydrogen) atoms. The highest BCUT2D eigenvalue weighted by molar-refractivity contribution is 7.89. The molecule has 0 radical (unpaired) electrons. The van der Waals surface area contributed by atoms with Crippen LogP contribution < -0.4 is 4.90 Å². The summed E-state index contributed by atoms with van der Waals surface area (Å²) >= 11 is 12.7. The predicted molar refractivity (Wildman–Crippen MR) is 135 cm³/mol. The van der Waals surface area contributed by atoms with Gasteiger partial charge >= 0.3 is 0 Å². The fraction of sp³-hybridized carbons (Fsp3) is 0.261. The summed E-state index contributed by atoms with van der Waals surface area (Å²) in [6, 6.07) is 15.0. The molecule has 5 rings (SSSR count). The molecule has 3 heterocycles. The SMILES string of the molecule is CCS(=O)(=O)N1CCN(c2ncnc3c2nc(-c2ccccc2Cl)n3-c2ccc(Cl)cc2)CC1. The summed E-state index contributed by atoms with van der Waals surface area (Å²) in [5.41, 5.74) is 2.86. The van der Waals surface area contributed by atoms with Gasteiger partial charge < -0.3 is 4.90 Å². The van der Waals surface area contributed by atoms with E-state index < -0.39 is 10.0 Å². The van der Waals surface area contributed by atoms with Crippen LogP contribution in [-0.4, -0.2) is 64.2 Å². The van der Waals surface area contributed by atoms with Gasteiger partial charge in [0.15, 0.2) is 17.0 Å². The molecule has 0 N–H and O–H groups in total. The Hall–Kier alpha value is -2.72. The average molecular weight is 517 g/mol. The third-order valence-electron chi connectivity index (χ3n) is 5.92. The lowest BCUT2D eigenvalue weighted by Gasteiger charge is -2.34. The molecule has 1 aliphatic heterocycles. The van der Waals surface area contributed by atoms with Crippen molar-refractivity contribution in [2.75, 3.05) is 36.8 Å². The summed E-state index contributed by atoms with van der Waals surface area (Å²) in [5, 5.41) is 1.20. The minimum absolute atomic E-state index is 0.0947. The van der Waals surface area contributed by atoms with Crippen LogP contribution in [0.25, 0.3) is 28.2 Å². The van der Waals surface area contributed by atoms with Crippen LogP contribution in [0.5, 0.6) is 0 Å². The molecule has 8 nitrogen and oxygen atoms in total. The number of hydrogen-bond acceptors (Lipinski definition) is 6. The zero-order chi connectivity index (χ0) is 23.9. The summed E-state index contributed by atoms with van der Waals surface area (Å²) in [6.07, 6.45) is 1.51. The van der Waals surface area contributed by atoms with Gasteiger partial charge in [-0.15, -0.1) is 0 Å². The van der Waals surface area contributed by atoms with E-state index in [2.05, 4.69) is 14.9 Å². The van der Waals surface area contributed by atoms with Gasteiger partial charge in [-0.1, -0.05) is 35.3 Å². The minimum atomic E-state index is -3.22. The zero-order valence-corrected chi connectivity index (χ0v) is 20.7. The quantitative estimate of drug-likeness (QED) is 0.394. The van der Waals surface area contributed by atoms with Crippen molar-refractivity contribution in [3.63, 3.8) is 0 Å². The van der Waals surface area contributed by atoms with Crippen molar-refractivity contribution in [1.29, 1.82) is 0 Å². The van der Waals surface area contributed by atoms with Gasteiger partial charge in [-0.25, -0.2) is 23.4 Å². The number of benzene rings is 2. The van der Waals surface area contributed by atoms with E-state index in [0.717, 1.165) is 11.3 Å². The number of halogens is 2. The number of piperazine rings is 1. The summed E-state index contributed by atoms with van der Waals surface area (Å²) < 4.78 is 28.0. The van der Waals surface area contributed by atoms with Crippen LogP contribution in [0.1, 0.15) is 6.92 Å². The maximum atomic E-state index is 12.3. The lowest BCUT2D eigenvalue weighted by Crippen LogP contribution is -2.49. The Morgan fingerprint density at radius 2 is 1.65 bits per heavy atom. The molecule has 0 amide bonds. The first-order valence-electron chi connectivity index (χ1n) is 10.9. The number of aromatic nitrogens is 4. The summed E-state index contributed by atoms with van der Waals surface area (Å²) in [5.74, 6) is 1.40. The largest absolute Gasteiger partial charge is 0.352 e. The molecular weight excluding hydrogens is 495 g/mol. The van der Waals surface area contributed by atoms with E-state index in [1.807, 2.05) is 53.1 Å². The van der Waals surface area contributed by atoms with Crippen LogP contribution in [0.4, 0.5) is 5.82 Å². The molecule has 1 fully saturated rings. The first-order chi connectivity index (χ1) is 16.4. The molecule has 0 saturated carbocycles. The molecule has 1 aliphatic rings. The van der Waals surface area contributed by atoms with Crippen LogP contribution in [-0.2, 0) is 10.0 Å². The molecule has 0 unspecified atom stereocenters. The van der Waals surface area contributed by atoms with Gasteiger partial charge in [0.25, 0.3) is 0 Å². The Bertz CT molecular complexity index is 1450. The zero-order valence-electron chi connectivity index (χ0n) is 18.4. The second kappa shape index (κ2) is 9.14. The van der Waals surface area contributed by atoms with Crippen LogP contribution >= 0.6 is 23.2 Å². The van der Waals surface area contributed by atoms with Gasteiger partial charge in [0, 0.05) is 42.5 Å². The molecule has 11 heteroatoms. The predicted octanol–water partition coefficient (Wildman–Crippen LogP) is 4.26. The first-order valence-corrected chi connectivity index (χ1v) is 13.2. The summed E-state index contributed by atoms with van der Waals surface area (Å²) in [6.45, 7) is 3.49. The highest BCUT2D eigenvalue weighted by Gasteiger charge is 2.28. The van der Waals surface area contributed by atoms with E-state index in [9.17, 15) is 8.42 Å². The topological polar surface area (TPSA) is 84.2 Å². The monoisotopic (exact) mass is 516 g/mol. The molecule has 0 atom stereocenters. The van der Waals surface area contributed by atoms with E-state index in [1.54, 1.807) is 6.92 Å². The van der Waals surface area contributed by atoms with Crippen LogP contribution in [0.2, 0.25) is 10.0 Å². The van der Waals surface area contributed by atoms with E-state index in [-0.39, 0.29) is 5.75 Å². The van der Waals surface area contributed by atoms with Crippen LogP contribution in [0, 0.1) is 0 Å². The Kier molecular flexibility index (Phi) is 6.20. The van der Waals surface area contributed by atoms with E-state index in [4.69, 9.17) is 28.2 Å². The minimum Gasteiger partial charge on any atom is -0.352 e. The number of imidazole rings is 1. The summed E-state index contributed by atoms with van der Waals surface area (Å²) in [4.78, 5) is 16.1. The molecule has 4 aromatic rings. The maximum Gasteiger partial charge on any atom is 0.213 e. The van der Waals surface area contributed by atoms with Crippen molar-refractivity contribution >= 4 is 50.2 Å². The molecule has 0 spiro atoms. The average Bonchev–Trinajstić information content (AvgIpc) is 3.24. The number of nitrogens with zero attached hydrogens (tertiary/aromatic N) is 6. The molecule has 1 saturated heterocycles. The lowest BCUT2D eigenvalue weighted by atomic mass is 10.2.